The number of unbranched alkanes of at least 4 members (excludes halogenated alkanes) is 1. The van der Waals surface area contributed by atoms with Crippen molar-refractivity contribution in [2.75, 3.05) is 26.4 Å². The Kier molecular flexibility index (Phi) is 16.1. The van der Waals surface area contributed by atoms with Crippen molar-refractivity contribution < 1.29 is 81.8 Å². The largest absolute Gasteiger partial charge is 0.514 e. The first-order valence-corrected chi connectivity index (χ1v) is 22.1. The maximum atomic E-state index is 17.9. The zero-order valence-electron chi connectivity index (χ0n) is 38.3. The Hall–Kier alpha value is -6.19. The van der Waals surface area contributed by atoms with Crippen molar-refractivity contribution in [2.45, 2.75) is 128 Å². The van der Waals surface area contributed by atoms with Gasteiger partial charge in [-0.15, -0.1) is 20.2 Å². The molecule has 21 nitrogen and oxygen atoms in total. The van der Waals surface area contributed by atoms with Crippen molar-refractivity contribution in [3.8, 4) is 5.75 Å². The normalized spacial score (nSPS) is 28.8. The number of hydrogen-bond acceptors (Lipinski definition) is 18. The van der Waals surface area contributed by atoms with Gasteiger partial charge in [-0.05, 0) is 108 Å². The number of alkyl halides is 1. The summed E-state index contributed by atoms with van der Waals surface area (Å²) in [4.78, 5) is 109. The fourth-order valence-electron chi connectivity index (χ4n) is 10.5. The van der Waals surface area contributed by atoms with E-state index in [1.807, 2.05) is 0 Å². The van der Waals surface area contributed by atoms with Crippen LogP contribution < -0.4 is 10.1 Å². The quantitative estimate of drug-likeness (QED) is 0.0400. The molecular formula is C45H58FN3O18. The van der Waals surface area contributed by atoms with Crippen LogP contribution in [0.25, 0.3) is 0 Å². The minimum Gasteiger partial charge on any atom is -0.464 e. The number of hydrogen-bond donors (Lipinski definition) is 2. The standard InChI is InChI=1S/C45H58FN3O18/c1-27-22-33-32-16-13-29-24-30(50)17-18-42(29,5)44(32,46)35(51)25-43(33,6)45(27,66-37(53)10-9-21-64-49(59)60)36(52)26-62-40(56)65-31-14-11-28(12-15-31)23-34(47-39(55)67-41(2,3)4)38(54)61-19-7-8-20-63-48(57)58/h11-12,14-15,17-18,24,27,32-35,51H,7-10,13,16,19-23,25-26H2,1-6H3,(H,47,55)/t27-,32?,33?,34-,35-,42-,43-,44-,45-/m0/s1. The third-order valence-electron chi connectivity index (χ3n) is 13.4. The Labute approximate surface area is 385 Å². The van der Waals surface area contributed by atoms with Crippen molar-refractivity contribution >= 4 is 35.8 Å². The zero-order valence-corrected chi connectivity index (χ0v) is 38.3. The summed E-state index contributed by atoms with van der Waals surface area (Å²) in [5.74, 6) is -5.25. The molecule has 368 valence electrons. The molecule has 0 aromatic heterocycles. The van der Waals surface area contributed by atoms with Crippen LogP contribution in [0.4, 0.5) is 14.0 Å². The average Bonchev–Trinajstić information content (AvgIpc) is 3.45. The second kappa shape index (κ2) is 20.8. The molecule has 0 spiro atoms. The predicted molar refractivity (Wildman–Crippen MR) is 227 cm³/mol. The Morgan fingerprint density at radius 2 is 1.60 bits per heavy atom. The highest BCUT2D eigenvalue weighted by atomic mass is 19.1. The summed E-state index contributed by atoms with van der Waals surface area (Å²) in [5.41, 5.74) is -6.97. The third-order valence-corrected chi connectivity index (χ3v) is 13.4. The van der Waals surface area contributed by atoms with Crippen LogP contribution in [0.1, 0.15) is 98.5 Å². The fourth-order valence-corrected chi connectivity index (χ4v) is 10.5. The van der Waals surface area contributed by atoms with Crippen LogP contribution in [0.15, 0.2) is 48.1 Å². The lowest BCUT2D eigenvalue weighted by atomic mass is 9.44. The van der Waals surface area contributed by atoms with Gasteiger partial charge < -0.3 is 43.8 Å². The van der Waals surface area contributed by atoms with Gasteiger partial charge in [-0.3, -0.25) is 14.4 Å². The number of nitrogens with one attached hydrogen (secondary N) is 1. The van der Waals surface area contributed by atoms with Gasteiger partial charge in [0, 0.05) is 35.5 Å². The van der Waals surface area contributed by atoms with Crippen LogP contribution in [-0.2, 0) is 54.2 Å². The highest BCUT2D eigenvalue weighted by molar-refractivity contribution is 6.01. The van der Waals surface area contributed by atoms with Gasteiger partial charge in [-0.2, -0.15) is 0 Å². The molecule has 0 heterocycles. The number of Topliss-reactive ketones (excluding diaryl/α,β-unsaturated/α-hetero) is 1. The number of carbonyl (C=O) groups is 6. The number of carbonyl (C=O) groups excluding carboxylic acids is 6. The SMILES string of the molecule is C[C@H]1CC2C3CCC4=CC(=O)C=C[C@]4(C)[C@@]3(F)[C@@H](O)C[C@]2(C)[C@@]1(OC(=O)CCCO[N+](=O)[O-])C(=O)COC(=O)Oc1ccc(C[C@H](NC(=O)OC(C)(C)C)C(=O)OCCCCO[N+](=O)[O-])cc1. The van der Waals surface area contributed by atoms with E-state index < -0.39 is 117 Å². The van der Waals surface area contributed by atoms with Crippen LogP contribution in [0.2, 0.25) is 0 Å². The summed E-state index contributed by atoms with van der Waals surface area (Å²) in [6.07, 6.45) is 0.443. The minimum atomic E-state index is -2.27. The Bertz CT molecular complexity index is 2140. The number of esters is 2. The van der Waals surface area contributed by atoms with Gasteiger partial charge >= 0.3 is 24.2 Å². The van der Waals surface area contributed by atoms with Gasteiger partial charge in [0.15, 0.2) is 23.7 Å². The van der Waals surface area contributed by atoms with Crippen molar-refractivity contribution in [1.29, 1.82) is 0 Å². The summed E-state index contributed by atoms with van der Waals surface area (Å²) in [6, 6.07) is 4.44. The summed E-state index contributed by atoms with van der Waals surface area (Å²) >= 11 is 0. The van der Waals surface area contributed by atoms with E-state index in [1.54, 1.807) is 41.5 Å². The van der Waals surface area contributed by atoms with Gasteiger partial charge in [-0.1, -0.05) is 37.6 Å². The molecule has 22 heteroatoms. The molecule has 0 saturated heterocycles. The van der Waals surface area contributed by atoms with E-state index in [1.165, 1.54) is 42.5 Å². The molecule has 3 fully saturated rings. The number of ketones is 2. The van der Waals surface area contributed by atoms with Gasteiger partial charge in [0.2, 0.25) is 5.78 Å². The summed E-state index contributed by atoms with van der Waals surface area (Å²) in [6.45, 7) is 8.12. The second-order valence-corrected chi connectivity index (χ2v) is 18.8. The number of amides is 1. The number of ether oxygens (including phenoxy) is 5. The van der Waals surface area contributed by atoms with Gasteiger partial charge in [0.1, 0.15) is 17.4 Å². The molecule has 1 aromatic carbocycles. The van der Waals surface area contributed by atoms with Gasteiger partial charge in [0.05, 0.1) is 25.9 Å². The second-order valence-electron chi connectivity index (χ2n) is 18.8. The van der Waals surface area contributed by atoms with E-state index >= 15 is 4.39 Å². The van der Waals surface area contributed by atoms with Gasteiger partial charge in [0.25, 0.3) is 10.2 Å². The lowest BCUT2D eigenvalue weighted by Gasteiger charge is -2.62. The van der Waals surface area contributed by atoms with Crippen molar-refractivity contribution in [3.05, 3.63) is 73.9 Å². The summed E-state index contributed by atoms with van der Waals surface area (Å²) in [7, 11) is 0. The number of fused-ring (bicyclic) bond motifs is 5. The number of halogens is 1. The van der Waals surface area contributed by atoms with E-state index in [-0.39, 0.29) is 69.7 Å². The van der Waals surface area contributed by atoms with E-state index in [0.717, 1.165) is 0 Å². The lowest BCUT2D eigenvalue weighted by Crippen LogP contribution is -2.70. The number of aliphatic hydroxyl groups excluding tert-OH is 1. The van der Waals surface area contributed by atoms with E-state index in [9.17, 15) is 54.1 Å². The molecule has 0 radical (unpaired) electrons. The molecule has 2 N–H and O–H groups in total. The van der Waals surface area contributed by atoms with E-state index in [2.05, 4.69) is 15.0 Å². The number of allylic oxidation sites excluding steroid dienone is 4. The van der Waals surface area contributed by atoms with Crippen molar-refractivity contribution in [1.82, 2.24) is 5.32 Å². The lowest BCUT2D eigenvalue weighted by molar-refractivity contribution is -0.757. The molecule has 4 aliphatic carbocycles. The first kappa shape index (κ1) is 51.8. The number of alkyl carbamates (subject to hydrolysis) is 1. The third kappa shape index (κ3) is 11.3. The van der Waals surface area contributed by atoms with Gasteiger partial charge in [-0.25, -0.2) is 18.8 Å². The monoisotopic (exact) mass is 947 g/mol. The highest BCUT2D eigenvalue weighted by Gasteiger charge is 2.77. The van der Waals surface area contributed by atoms with Crippen molar-refractivity contribution in [2.24, 2.45) is 28.6 Å². The molecule has 0 aliphatic heterocycles. The maximum Gasteiger partial charge on any atom is 0.514 e. The molecule has 3 saturated carbocycles. The number of benzene rings is 1. The Balaban J connectivity index is 1.30. The minimum absolute atomic E-state index is 0.0518. The molecule has 2 unspecified atom stereocenters. The van der Waals surface area contributed by atoms with E-state index in [4.69, 9.17) is 23.7 Å². The molecule has 4 aliphatic rings. The smallest absolute Gasteiger partial charge is 0.464 e. The van der Waals surface area contributed by atoms with Crippen LogP contribution in [0.3, 0.4) is 0 Å². The molecule has 5 rings (SSSR count). The molecule has 1 amide bonds. The molecule has 67 heavy (non-hydrogen) atoms. The van der Waals surface area contributed by atoms with Crippen LogP contribution in [-0.4, -0.2) is 106 Å². The summed E-state index contributed by atoms with van der Waals surface area (Å²) < 4.78 is 45.2. The maximum absolute atomic E-state index is 17.9. The number of nitrogens with zero attached hydrogens (tertiary/aromatic N) is 2. The number of aliphatic hydroxyl groups is 1. The van der Waals surface area contributed by atoms with Crippen LogP contribution in [0.5, 0.6) is 5.75 Å². The zero-order chi connectivity index (χ0) is 49.5. The first-order chi connectivity index (χ1) is 31.4. The predicted octanol–water partition coefficient (Wildman–Crippen LogP) is 5.63. The van der Waals surface area contributed by atoms with Crippen LogP contribution in [0, 0.1) is 48.8 Å². The molecule has 0 bridgehead atoms. The average molecular weight is 948 g/mol. The number of rotatable bonds is 20. The fraction of sp³-hybridized carbons (Fsp3) is 0.644. The Morgan fingerprint density at radius 1 is 0.955 bits per heavy atom. The summed E-state index contributed by atoms with van der Waals surface area (Å²) in [5, 5.41) is 33.5. The van der Waals surface area contributed by atoms with Crippen LogP contribution >= 0.6 is 0 Å². The molecule has 1 aromatic rings. The Morgan fingerprint density at radius 3 is 2.24 bits per heavy atom. The highest BCUT2D eigenvalue weighted by Crippen LogP contribution is 2.71. The van der Waals surface area contributed by atoms with E-state index in [0.29, 0.717) is 17.6 Å². The molecular weight excluding hydrogens is 889 g/mol. The topological polar surface area (TPSA) is 286 Å². The van der Waals surface area contributed by atoms with Crippen molar-refractivity contribution in [3.63, 3.8) is 0 Å². The molecule has 9 atom stereocenters. The first-order valence-electron chi connectivity index (χ1n) is 22.1.